The summed E-state index contributed by atoms with van der Waals surface area (Å²) in [6.45, 7) is 2.90. The third kappa shape index (κ3) is 5.63. The molecule has 104 valence electrons. The third-order valence-corrected chi connectivity index (χ3v) is 2.99. The molecular formula is C12H15Cl2N3OS. The molecule has 0 fully saturated rings. The Hall–Kier alpha value is -1.04. The van der Waals surface area contributed by atoms with E-state index in [2.05, 4.69) is 22.8 Å². The molecule has 1 aromatic carbocycles. The Morgan fingerprint density at radius 2 is 2.21 bits per heavy atom. The van der Waals surface area contributed by atoms with Crippen LogP contribution in [0.2, 0.25) is 10.0 Å². The maximum Gasteiger partial charge on any atom is 0.186 e. The van der Waals surface area contributed by atoms with E-state index in [1.165, 1.54) is 12.3 Å². The number of hydrogen-bond donors (Lipinski definition) is 3. The number of unbranched alkanes of at least 4 members (excludes halogenated alkanes) is 1. The van der Waals surface area contributed by atoms with Gasteiger partial charge in [-0.15, -0.1) is 0 Å². The molecule has 0 saturated carbocycles. The molecule has 0 atom stereocenters. The maximum atomic E-state index is 9.70. The van der Waals surface area contributed by atoms with Gasteiger partial charge in [0, 0.05) is 17.1 Å². The number of hydrazone groups is 1. The summed E-state index contributed by atoms with van der Waals surface area (Å²) in [6, 6.07) is 3.02. The molecule has 0 heterocycles. The van der Waals surface area contributed by atoms with Gasteiger partial charge < -0.3 is 10.4 Å². The fourth-order valence-electron chi connectivity index (χ4n) is 1.26. The van der Waals surface area contributed by atoms with E-state index in [0.717, 1.165) is 19.4 Å². The highest BCUT2D eigenvalue weighted by Crippen LogP contribution is 2.29. The van der Waals surface area contributed by atoms with E-state index < -0.39 is 0 Å². The lowest BCUT2D eigenvalue weighted by molar-refractivity contribution is 0.474. The highest BCUT2D eigenvalue weighted by molar-refractivity contribution is 7.80. The summed E-state index contributed by atoms with van der Waals surface area (Å²) in [5, 5.41) is 17.6. The van der Waals surface area contributed by atoms with E-state index in [4.69, 9.17) is 35.4 Å². The van der Waals surface area contributed by atoms with Crippen molar-refractivity contribution in [2.75, 3.05) is 6.54 Å². The van der Waals surface area contributed by atoms with Gasteiger partial charge in [0.25, 0.3) is 0 Å². The molecule has 0 spiro atoms. The van der Waals surface area contributed by atoms with E-state index >= 15 is 0 Å². The monoisotopic (exact) mass is 319 g/mol. The van der Waals surface area contributed by atoms with E-state index in [-0.39, 0.29) is 10.8 Å². The quantitative estimate of drug-likeness (QED) is 0.337. The Kier molecular flexibility index (Phi) is 6.91. The zero-order valence-corrected chi connectivity index (χ0v) is 12.7. The van der Waals surface area contributed by atoms with Crippen LogP contribution in [0.25, 0.3) is 0 Å². The summed E-state index contributed by atoms with van der Waals surface area (Å²) in [7, 11) is 0. The summed E-state index contributed by atoms with van der Waals surface area (Å²) >= 11 is 16.6. The molecule has 0 aromatic heterocycles. The minimum absolute atomic E-state index is 0.0681. The number of halogens is 2. The first-order chi connectivity index (χ1) is 9.04. The average Bonchev–Trinajstić information content (AvgIpc) is 2.35. The lowest BCUT2D eigenvalue weighted by Gasteiger charge is -2.06. The maximum absolute atomic E-state index is 9.70. The molecule has 0 aliphatic carbocycles. The molecule has 1 rings (SSSR count). The van der Waals surface area contributed by atoms with Gasteiger partial charge in [0.1, 0.15) is 5.75 Å². The van der Waals surface area contributed by atoms with Crippen molar-refractivity contribution in [2.24, 2.45) is 5.10 Å². The second-order valence-corrected chi connectivity index (χ2v) is 5.06. The number of thiocarbonyl (C=S) groups is 1. The van der Waals surface area contributed by atoms with Crippen molar-refractivity contribution in [3.63, 3.8) is 0 Å². The number of hydrogen-bond acceptors (Lipinski definition) is 3. The van der Waals surface area contributed by atoms with Crippen LogP contribution in [0, 0.1) is 0 Å². The predicted octanol–water partition coefficient (Wildman–Crippen LogP) is 3.30. The van der Waals surface area contributed by atoms with Crippen molar-refractivity contribution in [3.8, 4) is 5.75 Å². The summed E-state index contributed by atoms with van der Waals surface area (Å²) in [5.41, 5.74) is 3.07. The summed E-state index contributed by atoms with van der Waals surface area (Å²) in [6.07, 6.45) is 3.53. The van der Waals surface area contributed by atoms with Gasteiger partial charge in [0.15, 0.2) is 5.11 Å². The van der Waals surface area contributed by atoms with Crippen LogP contribution in [0.3, 0.4) is 0 Å². The van der Waals surface area contributed by atoms with Crippen LogP contribution >= 0.6 is 35.4 Å². The Morgan fingerprint density at radius 1 is 1.47 bits per heavy atom. The van der Waals surface area contributed by atoms with Gasteiger partial charge in [0.2, 0.25) is 0 Å². The van der Waals surface area contributed by atoms with Crippen molar-refractivity contribution in [2.45, 2.75) is 19.8 Å². The molecule has 4 nitrogen and oxygen atoms in total. The molecule has 0 saturated heterocycles. The number of aromatic hydroxyl groups is 1. The molecule has 0 bridgehead atoms. The lowest BCUT2D eigenvalue weighted by Crippen LogP contribution is -2.32. The van der Waals surface area contributed by atoms with Gasteiger partial charge in [0.05, 0.1) is 11.2 Å². The van der Waals surface area contributed by atoms with Gasteiger partial charge in [-0.1, -0.05) is 36.5 Å². The van der Waals surface area contributed by atoms with Gasteiger partial charge in [-0.3, -0.25) is 5.43 Å². The van der Waals surface area contributed by atoms with Gasteiger partial charge in [-0.25, -0.2) is 0 Å². The number of rotatable bonds is 5. The van der Waals surface area contributed by atoms with Crippen molar-refractivity contribution < 1.29 is 5.11 Å². The van der Waals surface area contributed by atoms with Crippen LogP contribution in [-0.2, 0) is 0 Å². The smallest absolute Gasteiger partial charge is 0.186 e. The number of phenols is 1. The Bertz CT molecular complexity index is 480. The minimum Gasteiger partial charge on any atom is -0.506 e. The predicted molar refractivity (Wildman–Crippen MR) is 84.4 cm³/mol. The zero-order valence-electron chi connectivity index (χ0n) is 10.4. The largest absolute Gasteiger partial charge is 0.506 e. The molecule has 19 heavy (non-hydrogen) atoms. The standard InChI is InChI=1S/C12H15Cl2N3OS/c1-2-3-4-15-12(19)17-16-7-8-5-9(13)6-10(14)11(8)18/h5-7,18H,2-4H2,1H3,(H2,15,17,19)/b16-7+. The summed E-state index contributed by atoms with van der Waals surface area (Å²) < 4.78 is 0. The van der Waals surface area contributed by atoms with E-state index in [1.807, 2.05) is 0 Å². The van der Waals surface area contributed by atoms with Crippen molar-refractivity contribution in [1.82, 2.24) is 10.7 Å². The zero-order chi connectivity index (χ0) is 14.3. The average molecular weight is 320 g/mol. The molecular weight excluding hydrogens is 305 g/mol. The fraction of sp³-hybridized carbons (Fsp3) is 0.333. The number of nitrogens with zero attached hydrogens (tertiary/aromatic N) is 1. The van der Waals surface area contributed by atoms with E-state index in [1.54, 1.807) is 6.07 Å². The first kappa shape index (κ1) is 16.0. The number of phenolic OH excluding ortho intramolecular Hbond substituents is 1. The molecule has 0 aliphatic rings. The highest BCUT2D eigenvalue weighted by atomic mass is 35.5. The third-order valence-electron chi connectivity index (χ3n) is 2.24. The number of nitrogens with one attached hydrogen (secondary N) is 2. The lowest BCUT2D eigenvalue weighted by atomic mass is 10.2. The van der Waals surface area contributed by atoms with Crippen LogP contribution in [-0.4, -0.2) is 23.0 Å². The molecule has 3 N–H and O–H groups in total. The van der Waals surface area contributed by atoms with Crippen LogP contribution in [0.15, 0.2) is 17.2 Å². The van der Waals surface area contributed by atoms with Crippen LogP contribution in [0.5, 0.6) is 5.75 Å². The molecule has 0 aliphatic heterocycles. The number of benzene rings is 1. The van der Waals surface area contributed by atoms with Crippen LogP contribution in [0.4, 0.5) is 0 Å². The first-order valence-corrected chi connectivity index (χ1v) is 6.96. The Labute approximate surface area is 127 Å². The Morgan fingerprint density at radius 3 is 2.89 bits per heavy atom. The van der Waals surface area contributed by atoms with Gasteiger partial charge in [-0.05, 0) is 30.8 Å². The second kappa shape index (κ2) is 8.19. The van der Waals surface area contributed by atoms with E-state index in [0.29, 0.717) is 15.7 Å². The molecule has 0 radical (unpaired) electrons. The topological polar surface area (TPSA) is 56.7 Å². The molecule has 1 aromatic rings. The van der Waals surface area contributed by atoms with Crippen molar-refractivity contribution in [1.29, 1.82) is 0 Å². The highest BCUT2D eigenvalue weighted by Gasteiger charge is 2.05. The first-order valence-electron chi connectivity index (χ1n) is 5.79. The van der Waals surface area contributed by atoms with E-state index in [9.17, 15) is 5.11 Å². The molecule has 0 unspecified atom stereocenters. The minimum atomic E-state index is -0.0681. The van der Waals surface area contributed by atoms with Crippen molar-refractivity contribution in [3.05, 3.63) is 27.7 Å². The van der Waals surface area contributed by atoms with Crippen molar-refractivity contribution >= 4 is 46.7 Å². The van der Waals surface area contributed by atoms with Gasteiger partial charge in [-0.2, -0.15) is 5.10 Å². The summed E-state index contributed by atoms with van der Waals surface area (Å²) in [5.74, 6) is -0.0681. The summed E-state index contributed by atoms with van der Waals surface area (Å²) in [4.78, 5) is 0. The van der Waals surface area contributed by atoms with Crippen LogP contribution < -0.4 is 10.7 Å². The molecule has 0 amide bonds. The second-order valence-electron chi connectivity index (χ2n) is 3.80. The fourth-order valence-corrected chi connectivity index (χ4v) is 1.93. The SMILES string of the molecule is CCCCNC(=S)N/N=C/c1cc(Cl)cc(Cl)c1O. The molecule has 7 heteroatoms. The normalized spacial score (nSPS) is 10.7. The van der Waals surface area contributed by atoms with Gasteiger partial charge >= 0.3 is 0 Å². The Balaban J connectivity index is 2.55. The van der Waals surface area contributed by atoms with Crippen LogP contribution in [0.1, 0.15) is 25.3 Å².